The molecule has 0 aromatic heterocycles. The third-order valence-corrected chi connectivity index (χ3v) is 3.30. The van der Waals surface area contributed by atoms with Crippen LogP contribution in [0, 0.1) is 0 Å². The van der Waals surface area contributed by atoms with Gasteiger partial charge in [0.1, 0.15) is 0 Å². The third-order valence-electron chi connectivity index (χ3n) is 3.30. The lowest BCUT2D eigenvalue weighted by Crippen LogP contribution is -2.26. The highest BCUT2D eigenvalue weighted by Crippen LogP contribution is 2.29. The fourth-order valence-electron chi connectivity index (χ4n) is 2.44. The first-order valence-electron chi connectivity index (χ1n) is 5.63. The Morgan fingerprint density at radius 2 is 2.13 bits per heavy atom. The van der Waals surface area contributed by atoms with E-state index >= 15 is 0 Å². The molecular formula is C14H15N. The van der Waals surface area contributed by atoms with Gasteiger partial charge < -0.3 is 5.32 Å². The van der Waals surface area contributed by atoms with E-state index in [9.17, 15) is 0 Å². The van der Waals surface area contributed by atoms with Gasteiger partial charge in [0.25, 0.3) is 0 Å². The first-order chi connectivity index (χ1) is 7.43. The van der Waals surface area contributed by atoms with Crippen molar-refractivity contribution in [1.29, 1.82) is 0 Å². The molecule has 0 amide bonds. The first kappa shape index (κ1) is 8.78. The minimum absolute atomic E-state index is 0.551. The Kier molecular flexibility index (Phi) is 2.09. The van der Waals surface area contributed by atoms with Gasteiger partial charge in [0.05, 0.1) is 0 Å². The number of fused-ring (bicyclic) bond motifs is 1. The predicted molar refractivity (Wildman–Crippen MR) is 64.0 cm³/mol. The summed E-state index contributed by atoms with van der Waals surface area (Å²) in [6.45, 7) is 0. The summed E-state index contributed by atoms with van der Waals surface area (Å²) in [6, 6.07) is 9.19. The van der Waals surface area contributed by atoms with Gasteiger partial charge in [-0.1, -0.05) is 36.4 Å². The van der Waals surface area contributed by atoms with E-state index in [0.29, 0.717) is 6.04 Å². The van der Waals surface area contributed by atoms with Crippen LogP contribution in [0.2, 0.25) is 0 Å². The van der Waals surface area contributed by atoms with E-state index in [1.807, 2.05) is 0 Å². The van der Waals surface area contributed by atoms with E-state index < -0.39 is 0 Å². The molecule has 0 fully saturated rings. The molecule has 0 bridgehead atoms. The van der Waals surface area contributed by atoms with Crippen LogP contribution in [0.3, 0.4) is 0 Å². The van der Waals surface area contributed by atoms with Gasteiger partial charge in [-0.15, -0.1) is 0 Å². The zero-order valence-corrected chi connectivity index (χ0v) is 8.74. The van der Waals surface area contributed by atoms with Gasteiger partial charge in [-0.05, 0) is 36.5 Å². The average Bonchev–Trinajstić information content (AvgIpc) is 2.82. The number of benzene rings is 1. The Balaban J connectivity index is 1.83. The SMILES string of the molecule is C1=CCC(C2CCc3ccccc3N2)=C1. The Hall–Kier alpha value is -1.50. The van der Waals surface area contributed by atoms with Crippen molar-refractivity contribution < 1.29 is 0 Å². The van der Waals surface area contributed by atoms with E-state index in [2.05, 4.69) is 47.8 Å². The van der Waals surface area contributed by atoms with Crippen molar-refractivity contribution in [3.63, 3.8) is 0 Å². The Morgan fingerprint density at radius 1 is 1.20 bits per heavy atom. The van der Waals surface area contributed by atoms with Crippen molar-refractivity contribution in [2.24, 2.45) is 0 Å². The number of para-hydroxylation sites is 1. The van der Waals surface area contributed by atoms with Crippen LogP contribution in [0.1, 0.15) is 18.4 Å². The summed E-state index contributed by atoms with van der Waals surface area (Å²) in [5.74, 6) is 0. The highest BCUT2D eigenvalue weighted by atomic mass is 14.9. The minimum Gasteiger partial charge on any atom is -0.378 e. The Morgan fingerprint density at radius 3 is 3.00 bits per heavy atom. The third kappa shape index (κ3) is 1.58. The summed E-state index contributed by atoms with van der Waals surface area (Å²) >= 11 is 0. The molecule has 1 unspecified atom stereocenters. The van der Waals surface area contributed by atoms with Crippen molar-refractivity contribution in [2.75, 3.05) is 5.32 Å². The molecule has 1 atom stereocenters. The molecule has 0 spiro atoms. The van der Waals surface area contributed by atoms with Crippen molar-refractivity contribution in [3.05, 3.63) is 53.6 Å². The summed E-state index contributed by atoms with van der Waals surface area (Å²) in [5, 5.41) is 3.63. The van der Waals surface area contributed by atoms with E-state index in [4.69, 9.17) is 0 Å². The molecule has 1 nitrogen and oxygen atoms in total. The number of allylic oxidation sites excluding steroid dienone is 3. The van der Waals surface area contributed by atoms with Crippen LogP contribution in [0.4, 0.5) is 5.69 Å². The molecular weight excluding hydrogens is 182 g/mol. The number of nitrogens with one attached hydrogen (secondary N) is 1. The molecule has 1 heterocycles. The normalized spacial score (nSPS) is 23.2. The topological polar surface area (TPSA) is 12.0 Å². The van der Waals surface area contributed by atoms with Crippen LogP contribution < -0.4 is 5.32 Å². The molecule has 0 saturated heterocycles. The lowest BCUT2D eigenvalue weighted by molar-refractivity contribution is 0.693. The molecule has 0 saturated carbocycles. The first-order valence-corrected chi connectivity index (χ1v) is 5.63. The van der Waals surface area contributed by atoms with Gasteiger partial charge in [0.2, 0.25) is 0 Å². The van der Waals surface area contributed by atoms with Gasteiger partial charge >= 0.3 is 0 Å². The largest absolute Gasteiger partial charge is 0.378 e. The van der Waals surface area contributed by atoms with Crippen molar-refractivity contribution in [3.8, 4) is 0 Å². The number of hydrogen-bond donors (Lipinski definition) is 1. The standard InChI is InChI=1S/C14H15N/c1-2-6-11(5-1)14-10-9-12-7-3-4-8-13(12)15-14/h1-5,7-8,14-15H,6,9-10H2. The van der Waals surface area contributed by atoms with Gasteiger partial charge in [0, 0.05) is 11.7 Å². The average molecular weight is 197 g/mol. The maximum atomic E-state index is 3.63. The van der Waals surface area contributed by atoms with E-state index in [1.54, 1.807) is 0 Å². The Labute approximate surface area is 90.5 Å². The predicted octanol–water partition coefficient (Wildman–Crippen LogP) is 3.30. The fourth-order valence-corrected chi connectivity index (χ4v) is 2.44. The quantitative estimate of drug-likeness (QED) is 0.728. The molecule has 1 aromatic rings. The van der Waals surface area contributed by atoms with E-state index in [-0.39, 0.29) is 0 Å². The summed E-state index contributed by atoms with van der Waals surface area (Å²) < 4.78 is 0. The maximum absolute atomic E-state index is 3.63. The highest BCUT2D eigenvalue weighted by Gasteiger charge is 2.20. The molecule has 0 radical (unpaired) electrons. The lowest BCUT2D eigenvalue weighted by atomic mass is 9.93. The molecule has 1 N–H and O–H groups in total. The van der Waals surface area contributed by atoms with E-state index in [1.165, 1.54) is 29.7 Å². The molecule has 1 aliphatic carbocycles. The highest BCUT2D eigenvalue weighted by molar-refractivity contribution is 5.55. The monoisotopic (exact) mass is 197 g/mol. The molecule has 3 rings (SSSR count). The molecule has 1 heteroatoms. The van der Waals surface area contributed by atoms with Crippen LogP contribution in [0.5, 0.6) is 0 Å². The number of aryl methyl sites for hydroxylation is 1. The second-order valence-corrected chi connectivity index (χ2v) is 4.27. The van der Waals surface area contributed by atoms with E-state index in [0.717, 1.165) is 6.42 Å². The van der Waals surface area contributed by atoms with Crippen LogP contribution >= 0.6 is 0 Å². The summed E-state index contributed by atoms with van der Waals surface area (Å²) in [5.41, 5.74) is 4.31. The van der Waals surface area contributed by atoms with Crippen LogP contribution in [-0.2, 0) is 6.42 Å². The zero-order chi connectivity index (χ0) is 10.1. The number of anilines is 1. The number of rotatable bonds is 1. The molecule has 2 aliphatic rings. The molecule has 1 aromatic carbocycles. The zero-order valence-electron chi connectivity index (χ0n) is 8.74. The van der Waals surface area contributed by atoms with Gasteiger partial charge in [-0.2, -0.15) is 0 Å². The summed E-state index contributed by atoms with van der Waals surface area (Å²) in [7, 11) is 0. The van der Waals surface area contributed by atoms with Crippen molar-refractivity contribution in [1.82, 2.24) is 0 Å². The van der Waals surface area contributed by atoms with Crippen LogP contribution in [0.25, 0.3) is 0 Å². The summed E-state index contributed by atoms with van der Waals surface area (Å²) in [6.07, 6.45) is 10.2. The van der Waals surface area contributed by atoms with Crippen LogP contribution in [-0.4, -0.2) is 6.04 Å². The van der Waals surface area contributed by atoms with Crippen LogP contribution in [0.15, 0.2) is 48.1 Å². The molecule has 15 heavy (non-hydrogen) atoms. The second kappa shape index (κ2) is 3.58. The van der Waals surface area contributed by atoms with Crippen molar-refractivity contribution >= 4 is 5.69 Å². The summed E-state index contributed by atoms with van der Waals surface area (Å²) in [4.78, 5) is 0. The maximum Gasteiger partial charge on any atom is 0.0483 e. The Bertz CT molecular complexity index is 429. The lowest BCUT2D eigenvalue weighted by Gasteiger charge is -2.28. The number of hydrogen-bond acceptors (Lipinski definition) is 1. The molecule has 1 aliphatic heterocycles. The smallest absolute Gasteiger partial charge is 0.0483 e. The fraction of sp³-hybridized carbons (Fsp3) is 0.286. The van der Waals surface area contributed by atoms with Gasteiger partial charge in [-0.25, -0.2) is 0 Å². The van der Waals surface area contributed by atoms with Crippen molar-refractivity contribution in [2.45, 2.75) is 25.3 Å². The molecule has 76 valence electrons. The van der Waals surface area contributed by atoms with Gasteiger partial charge in [-0.3, -0.25) is 0 Å². The van der Waals surface area contributed by atoms with Gasteiger partial charge in [0.15, 0.2) is 0 Å². The second-order valence-electron chi connectivity index (χ2n) is 4.27. The minimum atomic E-state index is 0.551.